The van der Waals surface area contributed by atoms with Crippen LogP contribution in [0.25, 0.3) is 0 Å². The van der Waals surface area contributed by atoms with E-state index in [1.165, 1.54) is 11.1 Å². The molecule has 27 heavy (non-hydrogen) atoms. The first-order valence-corrected chi connectivity index (χ1v) is 10.4. The first kappa shape index (κ1) is 18.8. The van der Waals surface area contributed by atoms with Crippen molar-refractivity contribution >= 4 is 27.5 Å². The molecule has 1 aliphatic carbocycles. The number of nitrogens with zero attached hydrogens (tertiary/aromatic N) is 2. The number of nitriles is 1. The molecule has 2 N–H and O–H groups in total. The number of benzene rings is 2. The van der Waals surface area contributed by atoms with Crippen LogP contribution in [0.2, 0.25) is 5.02 Å². The van der Waals surface area contributed by atoms with Gasteiger partial charge >= 0.3 is 0 Å². The van der Waals surface area contributed by atoms with E-state index >= 15 is 0 Å². The number of hydrogen-bond donors (Lipinski definition) is 1. The minimum absolute atomic E-state index is 0.108. The number of hydrogen-bond acceptors (Lipinski definition) is 4. The fourth-order valence-electron chi connectivity index (χ4n) is 4.18. The number of ether oxygens (including phenoxy) is 1. The predicted octanol–water partition coefficient (Wildman–Crippen LogP) is 4.44. The largest absolute Gasteiger partial charge is 0.482 e. The molecule has 1 saturated heterocycles. The van der Waals surface area contributed by atoms with Crippen LogP contribution >= 0.6 is 27.5 Å². The lowest BCUT2D eigenvalue weighted by Gasteiger charge is -2.38. The number of nitrogens with two attached hydrogens (primary N) is 1. The Labute approximate surface area is 173 Å². The molecule has 0 saturated carbocycles. The van der Waals surface area contributed by atoms with Crippen LogP contribution in [0.3, 0.4) is 0 Å². The average molecular weight is 447 g/mol. The van der Waals surface area contributed by atoms with Gasteiger partial charge in [-0.1, -0.05) is 33.6 Å². The second-order valence-electron chi connectivity index (χ2n) is 7.31. The van der Waals surface area contributed by atoms with Gasteiger partial charge in [0.25, 0.3) is 0 Å². The Morgan fingerprint density at radius 3 is 2.85 bits per heavy atom. The highest BCUT2D eigenvalue weighted by molar-refractivity contribution is 9.10. The summed E-state index contributed by atoms with van der Waals surface area (Å²) in [6.45, 7) is 1.93. The van der Waals surface area contributed by atoms with Gasteiger partial charge in [0.15, 0.2) is 0 Å². The molecular formula is C21H21BrClN3O. The van der Waals surface area contributed by atoms with E-state index in [1.54, 1.807) is 18.2 Å². The fraction of sp³-hybridized carbons (Fsp3) is 0.381. The van der Waals surface area contributed by atoms with Crippen molar-refractivity contribution in [3.8, 4) is 11.8 Å². The maximum Gasteiger partial charge on any atom is 0.140 e. The van der Waals surface area contributed by atoms with Crippen molar-refractivity contribution in [1.29, 1.82) is 5.26 Å². The van der Waals surface area contributed by atoms with Crippen LogP contribution in [0.1, 0.15) is 35.6 Å². The Bertz CT molecular complexity index is 897. The van der Waals surface area contributed by atoms with Crippen molar-refractivity contribution in [2.24, 2.45) is 5.73 Å². The molecule has 4 rings (SSSR count). The maximum atomic E-state index is 9.06. The van der Waals surface area contributed by atoms with Crippen molar-refractivity contribution in [1.82, 2.24) is 4.90 Å². The zero-order valence-corrected chi connectivity index (χ0v) is 17.2. The summed E-state index contributed by atoms with van der Waals surface area (Å²) < 4.78 is 7.51. The van der Waals surface area contributed by atoms with Gasteiger partial charge in [0.1, 0.15) is 11.9 Å². The van der Waals surface area contributed by atoms with Gasteiger partial charge in [-0.3, -0.25) is 4.90 Å². The van der Waals surface area contributed by atoms with E-state index in [9.17, 15) is 0 Å². The van der Waals surface area contributed by atoms with Crippen molar-refractivity contribution < 1.29 is 4.74 Å². The summed E-state index contributed by atoms with van der Waals surface area (Å²) in [5, 5.41) is 9.52. The summed E-state index contributed by atoms with van der Waals surface area (Å²) in [6, 6.07) is 14.1. The van der Waals surface area contributed by atoms with Crippen LogP contribution in [0.4, 0.5) is 0 Å². The molecule has 0 bridgehead atoms. The zero-order chi connectivity index (χ0) is 19.0. The monoisotopic (exact) mass is 445 g/mol. The minimum Gasteiger partial charge on any atom is -0.482 e. The van der Waals surface area contributed by atoms with Crippen LogP contribution in [-0.4, -0.2) is 30.1 Å². The number of rotatable bonds is 3. The highest BCUT2D eigenvalue weighted by atomic mass is 79.9. The first-order valence-electron chi connectivity index (χ1n) is 9.19. The van der Waals surface area contributed by atoms with E-state index in [2.05, 4.69) is 45.1 Å². The molecule has 4 nitrogen and oxygen atoms in total. The molecule has 3 atom stereocenters. The standard InChI is InChI=1S/C21H21BrClN3O/c22-15-4-5-17-14(9-15)10-19(26-7-1-2-16(25)12-26)21(17)27-20-6-3-13(11-24)8-18(20)23/h3-6,8-9,16,19,21H,1-2,7,10,12,25H2/t16-,19+,21-/m1/s1. The molecule has 2 aromatic rings. The maximum absolute atomic E-state index is 9.06. The van der Waals surface area contributed by atoms with E-state index in [4.69, 9.17) is 27.3 Å². The third-order valence-corrected chi connectivity index (χ3v) is 6.25. The average Bonchev–Trinajstić information content (AvgIpc) is 3.00. The summed E-state index contributed by atoms with van der Waals surface area (Å²) in [5.74, 6) is 0.614. The molecule has 0 unspecified atom stereocenters. The highest BCUT2D eigenvalue weighted by Crippen LogP contribution is 2.41. The van der Waals surface area contributed by atoms with E-state index in [0.717, 1.165) is 36.8 Å². The highest BCUT2D eigenvalue weighted by Gasteiger charge is 2.39. The molecule has 6 heteroatoms. The number of halogens is 2. The van der Waals surface area contributed by atoms with Gasteiger partial charge in [-0.05, 0) is 67.3 Å². The molecule has 0 aromatic heterocycles. The molecule has 0 amide bonds. The Balaban J connectivity index is 1.66. The van der Waals surface area contributed by atoms with E-state index in [0.29, 0.717) is 16.3 Å². The summed E-state index contributed by atoms with van der Waals surface area (Å²) >= 11 is 9.96. The van der Waals surface area contributed by atoms with Gasteiger partial charge in [-0.15, -0.1) is 0 Å². The second-order valence-corrected chi connectivity index (χ2v) is 8.63. The fourth-order valence-corrected chi connectivity index (χ4v) is 4.81. The summed E-state index contributed by atoms with van der Waals surface area (Å²) in [5.41, 5.74) is 9.26. The molecule has 2 aromatic carbocycles. The van der Waals surface area contributed by atoms with Gasteiger partial charge < -0.3 is 10.5 Å². The lowest BCUT2D eigenvalue weighted by Crippen LogP contribution is -2.49. The van der Waals surface area contributed by atoms with Crippen molar-refractivity contribution in [2.75, 3.05) is 13.1 Å². The van der Waals surface area contributed by atoms with Gasteiger partial charge in [0, 0.05) is 17.1 Å². The Kier molecular flexibility index (Phi) is 5.43. The van der Waals surface area contributed by atoms with Gasteiger partial charge in [-0.25, -0.2) is 0 Å². The molecule has 0 radical (unpaired) electrons. The summed E-state index contributed by atoms with van der Waals surface area (Å²) in [6.07, 6.45) is 3.01. The third kappa shape index (κ3) is 3.86. The second kappa shape index (κ2) is 7.81. The number of piperidine rings is 1. The topological polar surface area (TPSA) is 62.3 Å². The van der Waals surface area contributed by atoms with Crippen LogP contribution in [0.5, 0.6) is 5.75 Å². The van der Waals surface area contributed by atoms with Gasteiger partial charge in [0.2, 0.25) is 0 Å². The van der Waals surface area contributed by atoms with Crippen LogP contribution in [0.15, 0.2) is 40.9 Å². The molecule has 140 valence electrons. The lowest BCUT2D eigenvalue weighted by molar-refractivity contribution is 0.0594. The summed E-state index contributed by atoms with van der Waals surface area (Å²) in [7, 11) is 0. The SMILES string of the molecule is N#Cc1ccc(O[C@@H]2c3ccc(Br)cc3C[C@@H]2N2CCC[C@@H](N)C2)c(Cl)c1. The van der Waals surface area contributed by atoms with E-state index < -0.39 is 0 Å². The van der Waals surface area contributed by atoms with Gasteiger partial charge in [-0.2, -0.15) is 5.26 Å². The lowest BCUT2D eigenvalue weighted by atomic mass is 10.0. The van der Waals surface area contributed by atoms with E-state index in [1.807, 2.05) is 0 Å². The minimum atomic E-state index is -0.108. The molecular weight excluding hydrogens is 426 g/mol. The Morgan fingerprint density at radius 1 is 1.26 bits per heavy atom. The Hall–Kier alpha value is -1.58. The molecule has 1 aliphatic heterocycles. The van der Waals surface area contributed by atoms with E-state index in [-0.39, 0.29) is 18.2 Å². The smallest absolute Gasteiger partial charge is 0.140 e. The van der Waals surface area contributed by atoms with Crippen LogP contribution in [0, 0.1) is 11.3 Å². The Morgan fingerprint density at radius 2 is 2.11 bits per heavy atom. The first-order chi connectivity index (χ1) is 13.0. The molecule has 1 heterocycles. The normalized spacial score (nSPS) is 25.0. The van der Waals surface area contributed by atoms with Gasteiger partial charge in [0.05, 0.1) is 22.7 Å². The quantitative estimate of drug-likeness (QED) is 0.757. The molecule has 2 aliphatic rings. The summed E-state index contributed by atoms with van der Waals surface area (Å²) in [4.78, 5) is 2.46. The molecule has 0 spiro atoms. The predicted molar refractivity (Wildman–Crippen MR) is 110 cm³/mol. The van der Waals surface area contributed by atoms with Crippen molar-refractivity contribution in [2.45, 2.75) is 37.5 Å². The zero-order valence-electron chi connectivity index (χ0n) is 14.9. The van der Waals surface area contributed by atoms with Crippen LogP contribution in [-0.2, 0) is 6.42 Å². The van der Waals surface area contributed by atoms with Crippen LogP contribution < -0.4 is 10.5 Å². The molecule has 1 fully saturated rings. The third-order valence-electron chi connectivity index (χ3n) is 5.46. The number of fused-ring (bicyclic) bond motifs is 1. The van der Waals surface area contributed by atoms with Crippen molar-refractivity contribution in [3.63, 3.8) is 0 Å². The van der Waals surface area contributed by atoms with Crippen molar-refractivity contribution in [3.05, 3.63) is 62.6 Å². The number of likely N-dealkylation sites (tertiary alicyclic amines) is 1.